The lowest BCUT2D eigenvalue weighted by Gasteiger charge is -2.13. The molecule has 0 fully saturated rings. The number of hydrogen-bond donors (Lipinski definition) is 0. The van der Waals surface area contributed by atoms with E-state index in [0.29, 0.717) is 12.0 Å². The van der Waals surface area contributed by atoms with Gasteiger partial charge in [-0.1, -0.05) is 12.1 Å². The first kappa shape index (κ1) is 15.8. The minimum absolute atomic E-state index is 0.0812. The van der Waals surface area contributed by atoms with Crippen LogP contribution in [0.15, 0.2) is 18.2 Å². The van der Waals surface area contributed by atoms with E-state index in [1.165, 1.54) is 6.07 Å². The van der Waals surface area contributed by atoms with Gasteiger partial charge in [-0.15, -0.1) is 0 Å². The third-order valence-electron chi connectivity index (χ3n) is 2.23. The molecule has 0 aliphatic carbocycles. The lowest BCUT2D eigenvalue weighted by molar-refractivity contribution is 0.0937. The van der Waals surface area contributed by atoms with Crippen molar-refractivity contribution in [2.24, 2.45) is 0 Å². The van der Waals surface area contributed by atoms with Crippen molar-refractivity contribution in [3.05, 3.63) is 30.7 Å². The Kier molecular flexibility index (Phi) is 6.36. The van der Waals surface area contributed by atoms with Gasteiger partial charge in [0, 0.05) is 0 Å². The molecule has 0 bridgehead atoms. The molecule has 1 rings (SSSR count). The molecule has 6 heteroatoms. The maximum Gasteiger partial charge on any atom is 0.513 e. The predicted molar refractivity (Wildman–Crippen MR) is 70.8 cm³/mol. The van der Waals surface area contributed by atoms with Gasteiger partial charge in [0.05, 0.1) is 13.2 Å². The minimum Gasteiger partial charge on any atom is -0.434 e. The number of carbonyl (C=O) groups is 2. The van der Waals surface area contributed by atoms with Crippen LogP contribution in [-0.4, -0.2) is 25.5 Å². The van der Waals surface area contributed by atoms with Crippen LogP contribution in [0.25, 0.3) is 0 Å². The molecule has 6 nitrogen and oxygen atoms in total. The van der Waals surface area contributed by atoms with Crippen molar-refractivity contribution in [1.82, 2.24) is 0 Å². The van der Waals surface area contributed by atoms with Crippen molar-refractivity contribution >= 4 is 12.3 Å². The van der Waals surface area contributed by atoms with E-state index >= 15 is 0 Å². The van der Waals surface area contributed by atoms with Gasteiger partial charge in [-0.3, -0.25) is 0 Å². The van der Waals surface area contributed by atoms with Crippen LogP contribution in [0.1, 0.15) is 19.4 Å². The fourth-order valence-corrected chi connectivity index (χ4v) is 1.42. The zero-order valence-electron chi connectivity index (χ0n) is 11.5. The maximum atomic E-state index is 11.4. The van der Waals surface area contributed by atoms with Crippen molar-refractivity contribution in [3.8, 4) is 11.5 Å². The fourth-order valence-electron chi connectivity index (χ4n) is 1.42. The van der Waals surface area contributed by atoms with Crippen molar-refractivity contribution < 1.29 is 28.5 Å². The van der Waals surface area contributed by atoms with Crippen LogP contribution in [0.5, 0.6) is 11.5 Å². The van der Waals surface area contributed by atoms with Gasteiger partial charge < -0.3 is 18.9 Å². The largest absolute Gasteiger partial charge is 0.513 e. The summed E-state index contributed by atoms with van der Waals surface area (Å²) in [5.74, 6) is 0.187. The van der Waals surface area contributed by atoms with Crippen molar-refractivity contribution in [2.75, 3.05) is 13.2 Å². The zero-order valence-corrected chi connectivity index (χ0v) is 11.5. The maximum absolute atomic E-state index is 11.4. The van der Waals surface area contributed by atoms with Crippen LogP contribution in [0.4, 0.5) is 9.59 Å². The van der Waals surface area contributed by atoms with Gasteiger partial charge in [0.1, 0.15) is 0 Å². The van der Waals surface area contributed by atoms with E-state index in [9.17, 15) is 9.59 Å². The molecule has 1 aromatic rings. The van der Waals surface area contributed by atoms with Crippen LogP contribution >= 0.6 is 0 Å². The molecule has 0 unspecified atom stereocenters. The van der Waals surface area contributed by atoms with E-state index in [2.05, 4.69) is 11.7 Å². The van der Waals surface area contributed by atoms with Crippen molar-refractivity contribution in [1.29, 1.82) is 0 Å². The molecule has 0 saturated heterocycles. The van der Waals surface area contributed by atoms with E-state index < -0.39 is 12.3 Å². The standard InChI is InChI=1S/C14H17O6/c1-4-10-8-7-9-11(19-13(15)17-5-2)12(10)20-14(16)18-6-3/h7-9H,1,4-6H2,2-3H3. The summed E-state index contributed by atoms with van der Waals surface area (Å²) < 4.78 is 19.4. The SMILES string of the molecule is [CH2]Cc1cccc(OC(=O)OCC)c1OC(=O)OCC. The van der Waals surface area contributed by atoms with Crippen molar-refractivity contribution in [3.63, 3.8) is 0 Å². The first-order valence-corrected chi connectivity index (χ1v) is 6.22. The average molecular weight is 281 g/mol. The molecule has 20 heavy (non-hydrogen) atoms. The number of ether oxygens (including phenoxy) is 4. The number of benzene rings is 1. The number of carbonyl (C=O) groups excluding carboxylic acids is 2. The Hall–Kier alpha value is -2.24. The Morgan fingerprint density at radius 3 is 2.20 bits per heavy atom. The Morgan fingerprint density at radius 2 is 1.65 bits per heavy atom. The van der Waals surface area contributed by atoms with Crippen LogP contribution in [0.2, 0.25) is 0 Å². The second kappa shape index (κ2) is 8.04. The molecule has 0 saturated carbocycles. The first-order chi connectivity index (χ1) is 9.62. The van der Waals surface area contributed by atoms with Crippen LogP contribution in [-0.2, 0) is 15.9 Å². The highest BCUT2D eigenvalue weighted by atomic mass is 16.7. The quantitative estimate of drug-likeness (QED) is 0.610. The summed E-state index contributed by atoms with van der Waals surface area (Å²) in [5, 5.41) is 0. The smallest absolute Gasteiger partial charge is 0.434 e. The van der Waals surface area contributed by atoms with Crippen LogP contribution in [0, 0.1) is 6.92 Å². The Bertz CT molecular complexity index is 469. The summed E-state index contributed by atoms with van der Waals surface area (Å²) in [6.45, 7) is 7.40. The molecular formula is C14H17O6. The van der Waals surface area contributed by atoms with Gasteiger partial charge in [-0.25, -0.2) is 9.59 Å². The van der Waals surface area contributed by atoms with E-state index in [4.69, 9.17) is 14.2 Å². The zero-order chi connectivity index (χ0) is 15.0. The van der Waals surface area contributed by atoms with E-state index in [-0.39, 0.29) is 24.7 Å². The summed E-state index contributed by atoms with van der Waals surface area (Å²) in [6, 6.07) is 4.86. The van der Waals surface area contributed by atoms with Gasteiger partial charge in [0.2, 0.25) is 0 Å². The van der Waals surface area contributed by atoms with E-state index in [1.54, 1.807) is 26.0 Å². The number of para-hydroxylation sites is 1. The van der Waals surface area contributed by atoms with E-state index in [1.807, 2.05) is 0 Å². The molecule has 0 heterocycles. The van der Waals surface area contributed by atoms with Gasteiger partial charge >= 0.3 is 12.3 Å². The lowest BCUT2D eigenvalue weighted by Crippen LogP contribution is -2.15. The molecule has 1 radical (unpaired) electrons. The molecule has 109 valence electrons. The summed E-state index contributed by atoms with van der Waals surface area (Å²) in [4.78, 5) is 22.8. The molecule has 1 aromatic carbocycles. The van der Waals surface area contributed by atoms with E-state index in [0.717, 1.165) is 0 Å². The molecular weight excluding hydrogens is 264 g/mol. The minimum atomic E-state index is -0.873. The molecule has 0 amide bonds. The highest BCUT2D eigenvalue weighted by molar-refractivity contribution is 5.70. The number of rotatable bonds is 5. The molecule has 0 spiro atoms. The predicted octanol–water partition coefficient (Wildman–Crippen LogP) is 3.13. The second-order valence-electron chi connectivity index (χ2n) is 3.56. The second-order valence-corrected chi connectivity index (χ2v) is 3.56. The van der Waals surface area contributed by atoms with Gasteiger partial charge in [0.25, 0.3) is 0 Å². The lowest BCUT2D eigenvalue weighted by atomic mass is 10.1. The number of hydrogen-bond acceptors (Lipinski definition) is 6. The third kappa shape index (κ3) is 4.46. The summed E-state index contributed by atoms with van der Waals surface area (Å²) in [7, 11) is 0. The fraction of sp³-hybridized carbons (Fsp3) is 0.357. The van der Waals surface area contributed by atoms with Crippen LogP contribution < -0.4 is 9.47 Å². The molecule has 0 aliphatic rings. The van der Waals surface area contributed by atoms with Gasteiger partial charge in [-0.2, -0.15) is 0 Å². The van der Waals surface area contributed by atoms with Crippen LogP contribution in [0.3, 0.4) is 0 Å². The monoisotopic (exact) mass is 281 g/mol. The Labute approximate surface area is 117 Å². The third-order valence-corrected chi connectivity index (χ3v) is 2.23. The molecule has 0 N–H and O–H groups in total. The highest BCUT2D eigenvalue weighted by Crippen LogP contribution is 2.32. The summed E-state index contributed by atoms with van der Waals surface area (Å²) in [6.07, 6.45) is -1.39. The molecule has 0 aromatic heterocycles. The normalized spacial score (nSPS) is 9.75. The topological polar surface area (TPSA) is 71.1 Å². The molecule has 0 atom stereocenters. The summed E-state index contributed by atoms with van der Waals surface area (Å²) >= 11 is 0. The average Bonchev–Trinajstić information content (AvgIpc) is 2.41. The summed E-state index contributed by atoms with van der Waals surface area (Å²) in [5.41, 5.74) is 0.611. The van der Waals surface area contributed by atoms with Gasteiger partial charge in [-0.05, 0) is 38.8 Å². The Balaban J connectivity index is 2.97. The molecule has 0 aliphatic heterocycles. The van der Waals surface area contributed by atoms with Crippen molar-refractivity contribution in [2.45, 2.75) is 20.3 Å². The van der Waals surface area contributed by atoms with Gasteiger partial charge in [0.15, 0.2) is 11.5 Å². The first-order valence-electron chi connectivity index (χ1n) is 6.22. The Morgan fingerprint density at radius 1 is 1.05 bits per heavy atom. The highest BCUT2D eigenvalue weighted by Gasteiger charge is 2.18.